The van der Waals surface area contributed by atoms with Crippen LogP contribution >= 0.6 is 11.8 Å². The van der Waals surface area contributed by atoms with Crippen LogP contribution in [-0.2, 0) is 14.4 Å². The lowest BCUT2D eigenvalue weighted by atomic mass is 9.98. The molecule has 2 amide bonds. The summed E-state index contributed by atoms with van der Waals surface area (Å²) in [6, 6.07) is 6.24. The number of carboxylic acid groups (broad SMARTS) is 1. The number of nitrogens with zero attached hydrogens (tertiary/aromatic N) is 1. The molecule has 3 unspecified atom stereocenters. The normalized spacial score (nSPS) is 26.8. The van der Waals surface area contributed by atoms with Crippen molar-refractivity contribution in [3.63, 3.8) is 0 Å². The summed E-state index contributed by atoms with van der Waals surface area (Å²) in [5.41, 5.74) is 7.17. The van der Waals surface area contributed by atoms with Crippen LogP contribution in [0.3, 0.4) is 0 Å². The van der Waals surface area contributed by atoms with Gasteiger partial charge >= 0.3 is 5.97 Å². The monoisotopic (exact) mass is 347 g/mol. The van der Waals surface area contributed by atoms with Crippen LogP contribution in [0, 0.1) is 0 Å². The van der Waals surface area contributed by atoms with E-state index < -0.39 is 41.3 Å². The number of hydrogen-bond acceptors (Lipinski definition) is 5. The molecule has 2 aliphatic rings. The molecule has 1 saturated heterocycles. The molecule has 0 spiro atoms. The van der Waals surface area contributed by atoms with Crippen LogP contribution in [0.1, 0.15) is 18.5 Å². The third-order valence-electron chi connectivity index (χ3n) is 4.16. The molecule has 0 bridgehead atoms. The molecule has 1 aromatic carbocycles. The first-order chi connectivity index (χ1) is 11.4. The first-order valence-electron chi connectivity index (χ1n) is 7.40. The molecular weight excluding hydrogens is 330 g/mol. The quantitative estimate of drug-likeness (QED) is 0.682. The zero-order chi connectivity index (χ0) is 17.4. The maximum atomic E-state index is 12.3. The number of β-lactam (4-membered cyclic amide) rings is 1. The Kier molecular flexibility index (Phi) is 4.33. The average molecular weight is 347 g/mol. The largest absolute Gasteiger partial charge is 0.479 e. The van der Waals surface area contributed by atoms with E-state index in [4.69, 9.17) is 5.73 Å². The van der Waals surface area contributed by atoms with Gasteiger partial charge < -0.3 is 21.1 Å². The number of aliphatic carboxylic acids is 1. The fourth-order valence-electron chi connectivity index (χ4n) is 2.87. The number of fused-ring (bicyclic) bond motifs is 1. The molecule has 3 rings (SSSR count). The van der Waals surface area contributed by atoms with Crippen LogP contribution in [-0.4, -0.2) is 45.2 Å². The lowest BCUT2D eigenvalue weighted by Gasteiger charge is -2.51. The highest BCUT2D eigenvalue weighted by atomic mass is 32.2. The molecular formula is C16H17N3O4S. The van der Waals surface area contributed by atoms with Crippen LogP contribution in [0.15, 0.2) is 41.3 Å². The Bertz CT molecular complexity index is 721. The van der Waals surface area contributed by atoms with Gasteiger partial charge in [0.2, 0.25) is 11.8 Å². The van der Waals surface area contributed by atoms with Gasteiger partial charge in [-0.2, -0.15) is 0 Å². The van der Waals surface area contributed by atoms with Crippen molar-refractivity contribution in [3.8, 4) is 0 Å². The van der Waals surface area contributed by atoms with E-state index in [9.17, 15) is 19.5 Å². The number of hydrogen-bond donors (Lipinski definition) is 3. The number of carbonyl (C=O) groups is 3. The van der Waals surface area contributed by atoms with Crippen LogP contribution < -0.4 is 11.1 Å². The molecule has 2 aliphatic heterocycles. The van der Waals surface area contributed by atoms with Crippen molar-refractivity contribution in [1.82, 2.24) is 10.2 Å². The topological polar surface area (TPSA) is 113 Å². The summed E-state index contributed by atoms with van der Waals surface area (Å²) in [5.74, 6) is -1.94. The fourth-order valence-corrected chi connectivity index (χ4v) is 4.05. The van der Waals surface area contributed by atoms with E-state index in [0.717, 1.165) is 0 Å². The Balaban J connectivity index is 1.71. The van der Waals surface area contributed by atoms with Crippen LogP contribution in [0.2, 0.25) is 0 Å². The summed E-state index contributed by atoms with van der Waals surface area (Å²) in [6.45, 7) is 1.67. The van der Waals surface area contributed by atoms with Gasteiger partial charge in [-0.3, -0.25) is 9.59 Å². The van der Waals surface area contributed by atoms with Gasteiger partial charge in [-0.15, -0.1) is 11.8 Å². The minimum atomic E-state index is -1.08. The van der Waals surface area contributed by atoms with Crippen molar-refractivity contribution in [3.05, 3.63) is 46.9 Å². The fraction of sp³-hybridized carbons (Fsp3) is 0.312. The van der Waals surface area contributed by atoms with Crippen molar-refractivity contribution in [2.24, 2.45) is 5.73 Å². The predicted molar refractivity (Wildman–Crippen MR) is 88.7 cm³/mol. The van der Waals surface area contributed by atoms with E-state index in [-0.39, 0.29) is 0 Å². The third-order valence-corrected chi connectivity index (χ3v) is 5.44. The smallest absolute Gasteiger partial charge is 0.330 e. The van der Waals surface area contributed by atoms with Gasteiger partial charge in [-0.05, 0) is 23.5 Å². The summed E-state index contributed by atoms with van der Waals surface area (Å²) in [7, 11) is 0. The van der Waals surface area contributed by atoms with Crippen molar-refractivity contribution < 1.29 is 19.5 Å². The highest BCUT2D eigenvalue weighted by Crippen LogP contribution is 2.39. The zero-order valence-electron chi connectivity index (χ0n) is 12.9. The van der Waals surface area contributed by atoms with Crippen molar-refractivity contribution in [2.75, 3.05) is 0 Å². The molecule has 8 heteroatoms. The molecule has 4 atom stereocenters. The second kappa shape index (κ2) is 6.29. The Labute approximate surface area is 142 Å². The minimum absolute atomic E-state index is 0.402. The number of amides is 2. The Morgan fingerprint density at radius 1 is 1.33 bits per heavy atom. The van der Waals surface area contributed by atoms with Crippen LogP contribution in [0.25, 0.3) is 0 Å². The third kappa shape index (κ3) is 2.67. The second-order valence-corrected chi connectivity index (χ2v) is 6.74. The summed E-state index contributed by atoms with van der Waals surface area (Å²) >= 11 is 1.33. The van der Waals surface area contributed by atoms with Crippen LogP contribution in [0.4, 0.5) is 0 Å². The number of nitrogens with one attached hydrogen (secondary N) is 1. The number of carbonyl (C=O) groups excluding carboxylic acids is 2. The summed E-state index contributed by atoms with van der Waals surface area (Å²) in [4.78, 5) is 37.3. The van der Waals surface area contributed by atoms with Crippen molar-refractivity contribution >= 4 is 29.5 Å². The molecule has 0 aliphatic carbocycles. The molecule has 7 nitrogen and oxygen atoms in total. The molecule has 1 aromatic rings. The molecule has 0 saturated carbocycles. The van der Waals surface area contributed by atoms with Gasteiger partial charge in [0.1, 0.15) is 17.5 Å². The SMILES string of the molecule is CC1=CS[C@@H]2C(NC(=O)C(N)c3ccccc3)C(=O)N2C1C(=O)O. The highest BCUT2D eigenvalue weighted by Gasteiger charge is 2.55. The molecule has 4 N–H and O–H groups in total. The predicted octanol–water partition coefficient (Wildman–Crippen LogP) is 0.443. The lowest BCUT2D eigenvalue weighted by molar-refractivity contribution is -0.160. The van der Waals surface area contributed by atoms with Gasteiger partial charge in [-0.1, -0.05) is 30.3 Å². The number of carboxylic acids is 1. The van der Waals surface area contributed by atoms with E-state index >= 15 is 0 Å². The second-order valence-electron chi connectivity index (χ2n) is 5.75. The number of thioether (sulfide) groups is 1. The molecule has 24 heavy (non-hydrogen) atoms. The Morgan fingerprint density at radius 3 is 2.62 bits per heavy atom. The average Bonchev–Trinajstić information content (AvgIpc) is 2.59. The molecule has 0 radical (unpaired) electrons. The van der Waals surface area contributed by atoms with E-state index in [2.05, 4.69) is 5.32 Å². The number of nitrogens with two attached hydrogens (primary N) is 1. The summed E-state index contributed by atoms with van der Waals surface area (Å²) < 4.78 is 0. The summed E-state index contributed by atoms with van der Waals surface area (Å²) in [5, 5.41) is 13.2. The molecule has 1 fully saturated rings. The van der Waals surface area contributed by atoms with E-state index in [0.29, 0.717) is 11.1 Å². The molecule has 0 aromatic heterocycles. The highest BCUT2D eigenvalue weighted by molar-refractivity contribution is 8.02. The van der Waals surface area contributed by atoms with E-state index in [1.165, 1.54) is 16.7 Å². The van der Waals surface area contributed by atoms with Gasteiger partial charge in [0, 0.05) is 0 Å². The lowest BCUT2D eigenvalue weighted by Crippen LogP contribution is -2.74. The summed E-state index contributed by atoms with van der Waals surface area (Å²) in [6.07, 6.45) is 0. The molecule has 2 heterocycles. The zero-order valence-corrected chi connectivity index (χ0v) is 13.7. The minimum Gasteiger partial charge on any atom is -0.479 e. The van der Waals surface area contributed by atoms with Crippen molar-refractivity contribution in [1.29, 1.82) is 0 Å². The van der Waals surface area contributed by atoms with E-state index in [1.54, 1.807) is 36.6 Å². The first-order valence-corrected chi connectivity index (χ1v) is 8.34. The number of rotatable bonds is 4. The maximum absolute atomic E-state index is 12.3. The standard InChI is InChI=1S/C16H17N3O4S/c1-8-7-24-15-11(14(21)19(15)12(8)16(22)23)18-13(20)10(17)9-5-3-2-4-6-9/h2-7,10-12,15H,17H2,1H3,(H,18,20)(H,22,23)/t10?,11?,12?,15-/m1/s1. The number of benzene rings is 1. The van der Waals surface area contributed by atoms with Crippen LogP contribution in [0.5, 0.6) is 0 Å². The Morgan fingerprint density at radius 2 is 2.00 bits per heavy atom. The maximum Gasteiger partial charge on any atom is 0.330 e. The van der Waals surface area contributed by atoms with E-state index in [1.807, 2.05) is 6.07 Å². The van der Waals surface area contributed by atoms with Gasteiger partial charge in [0.25, 0.3) is 0 Å². The van der Waals surface area contributed by atoms with Crippen molar-refractivity contribution in [2.45, 2.75) is 30.4 Å². The molecule has 126 valence electrons. The van der Waals surface area contributed by atoms with Gasteiger partial charge in [-0.25, -0.2) is 4.79 Å². The van der Waals surface area contributed by atoms with Gasteiger partial charge in [0.15, 0.2) is 6.04 Å². The first kappa shape index (κ1) is 16.5. The Hall–Kier alpha value is -2.32. The van der Waals surface area contributed by atoms with Gasteiger partial charge in [0.05, 0.1) is 0 Å².